The van der Waals surface area contributed by atoms with Crippen molar-refractivity contribution < 1.29 is 14.7 Å². The molecule has 5 nitrogen and oxygen atoms in total. The fourth-order valence-electron chi connectivity index (χ4n) is 3.65. The molecule has 2 heterocycles. The van der Waals surface area contributed by atoms with Crippen LogP contribution in [-0.2, 0) is 9.59 Å². The van der Waals surface area contributed by atoms with Crippen molar-refractivity contribution >= 4 is 11.8 Å². The summed E-state index contributed by atoms with van der Waals surface area (Å²) in [6, 6.07) is 0. The molecule has 0 bridgehead atoms. The largest absolute Gasteiger partial charge is 0.393 e. The molecule has 0 aromatic rings. The molecule has 1 N–H and O–H groups in total. The van der Waals surface area contributed by atoms with E-state index >= 15 is 0 Å². The van der Waals surface area contributed by atoms with Gasteiger partial charge in [-0.1, -0.05) is 0 Å². The molecule has 0 spiro atoms. The van der Waals surface area contributed by atoms with Crippen LogP contribution in [0.3, 0.4) is 0 Å². The molecule has 0 radical (unpaired) electrons. The van der Waals surface area contributed by atoms with Crippen molar-refractivity contribution in [1.29, 1.82) is 0 Å². The summed E-state index contributed by atoms with van der Waals surface area (Å²) in [4.78, 5) is 27.0. The van der Waals surface area contributed by atoms with E-state index in [0.29, 0.717) is 31.3 Å². The first-order chi connectivity index (χ1) is 8.65. The molecule has 3 aliphatic rings. The third kappa shape index (κ3) is 2.06. The Labute approximate surface area is 107 Å². The fraction of sp³-hybridized carbons (Fsp3) is 0.846. The van der Waals surface area contributed by atoms with E-state index in [9.17, 15) is 14.7 Å². The van der Waals surface area contributed by atoms with Crippen LogP contribution in [0.4, 0.5) is 0 Å². The Bertz CT molecular complexity index is 371. The van der Waals surface area contributed by atoms with E-state index in [-0.39, 0.29) is 17.9 Å². The van der Waals surface area contributed by atoms with E-state index < -0.39 is 0 Å². The summed E-state index contributed by atoms with van der Waals surface area (Å²) in [5.41, 5.74) is 0. The minimum absolute atomic E-state index is 0.0283. The van der Waals surface area contributed by atoms with Crippen LogP contribution in [0.2, 0.25) is 0 Å². The zero-order chi connectivity index (χ0) is 12.7. The van der Waals surface area contributed by atoms with Crippen LogP contribution < -0.4 is 0 Å². The molecule has 100 valence electrons. The number of likely N-dealkylation sites (tertiary alicyclic amines) is 2. The SMILES string of the molecule is O=C1CCCN1C(=O)CN1CC2CCC(O)C2C1. The number of hydrogen-bond acceptors (Lipinski definition) is 4. The van der Waals surface area contributed by atoms with Crippen LogP contribution >= 0.6 is 0 Å². The Hall–Kier alpha value is -0.940. The van der Waals surface area contributed by atoms with Crippen molar-refractivity contribution in [3.05, 3.63) is 0 Å². The number of aliphatic hydroxyl groups excluding tert-OH is 1. The molecule has 5 heteroatoms. The minimum Gasteiger partial charge on any atom is -0.393 e. The summed E-state index contributed by atoms with van der Waals surface area (Å²) in [6.45, 7) is 2.63. The van der Waals surface area contributed by atoms with Gasteiger partial charge in [0.15, 0.2) is 0 Å². The summed E-state index contributed by atoms with van der Waals surface area (Å²) in [5.74, 6) is 0.792. The van der Waals surface area contributed by atoms with Crippen LogP contribution in [0.15, 0.2) is 0 Å². The summed E-state index contributed by atoms with van der Waals surface area (Å²) < 4.78 is 0. The second-order valence-electron chi connectivity index (χ2n) is 5.81. The van der Waals surface area contributed by atoms with Gasteiger partial charge >= 0.3 is 0 Å². The highest BCUT2D eigenvalue weighted by molar-refractivity contribution is 5.97. The highest BCUT2D eigenvalue weighted by Gasteiger charge is 2.42. The number of imide groups is 1. The molecule has 1 saturated carbocycles. The smallest absolute Gasteiger partial charge is 0.243 e. The zero-order valence-electron chi connectivity index (χ0n) is 10.5. The second-order valence-corrected chi connectivity index (χ2v) is 5.81. The van der Waals surface area contributed by atoms with Gasteiger partial charge in [-0.3, -0.25) is 19.4 Å². The Morgan fingerprint density at radius 1 is 1.33 bits per heavy atom. The van der Waals surface area contributed by atoms with Crippen LogP contribution in [0.5, 0.6) is 0 Å². The van der Waals surface area contributed by atoms with Crippen molar-refractivity contribution in [2.75, 3.05) is 26.2 Å². The number of amides is 2. The number of nitrogens with zero attached hydrogens (tertiary/aromatic N) is 2. The first kappa shape index (κ1) is 12.1. The van der Waals surface area contributed by atoms with Gasteiger partial charge in [-0.05, 0) is 25.2 Å². The number of hydrogen-bond donors (Lipinski definition) is 1. The molecular weight excluding hydrogens is 232 g/mol. The van der Waals surface area contributed by atoms with Gasteiger partial charge in [0.2, 0.25) is 11.8 Å². The molecule has 0 aromatic carbocycles. The van der Waals surface area contributed by atoms with Crippen molar-refractivity contribution in [1.82, 2.24) is 9.80 Å². The van der Waals surface area contributed by atoms with Gasteiger partial charge in [0.25, 0.3) is 0 Å². The molecule has 2 amide bonds. The molecule has 18 heavy (non-hydrogen) atoms. The van der Waals surface area contributed by atoms with Crippen LogP contribution in [-0.4, -0.2) is 59.0 Å². The monoisotopic (exact) mass is 252 g/mol. The Kier molecular flexibility index (Phi) is 3.11. The fourth-order valence-corrected chi connectivity index (χ4v) is 3.65. The van der Waals surface area contributed by atoms with Gasteiger partial charge in [-0.2, -0.15) is 0 Å². The standard InChI is InChI=1S/C13H20N2O3/c16-11-4-3-9-6-14(7-10(9)11)8-13(18)15-5-1-2-12(15)17/h9-11,16H,1-8H2. The van der Waals surface area contributed by atoms with Gasteiger partial charge in [0.05, 0.1) is 12.6 Å². The average molecular weight is 252 g/mol. The quantitative estimate of drug-likeness (QED) is 0.742. The molecule has 3 unspecified atom stereocenters. The molecule has 0 aromatic heterocycles. The maximum Gasteiger partial charge on any atom is 0.243 e. The number of rotatable bonds is 2. The first-order valence-electron chi connectivity index (χ1n) is 6.89. The Balaban J connectivity index is 1.55. The number of fused-ring (bicyclic) bond motifs is 1. The summed E-state index contributed by atoms with van der Waals surface area (Å²) in [6.07, 6.45) is 3.09. The summed E-state index contributed by atoms with van der Waals surface area (Å²) in [7, 11) is 0. The van der Waals surface area contributed by atoms with E-state index in [4.69, 9.17) is 0 Å². The lowest BCUT2D eigenvalue weighted by atomic mass is 10.00. The topological polar surface area (TPSA) is 60.9 Å². The normalized spacial score (nSPS) is 36.4. The van der Waals surface area contributed by atoms with E-state index in [1.807, 2.05) is 0 Å². The predicted molar refractivity (Wildman–Crippen MR) is 64.6 cm³/mol. The third-order valence-electron chi connectivity index (χ3n) is 4.63. The zero-order valence-corrected chi connectivity index (χ0v) is 10.5. The van der Waals surface area contributed by atoms with Crippen molar-refractivity contribution in [3.8, 4) is 0 Å². The lowest BCUT2D eigenvalue weighted by Gasteiger charge is -2.20. The Morgan fingerprint density at radius 3 is 2.83 bits per heavy atom. The molecule has 2 aliphatic heterocycles. The number of carbonyl (C=O) groups excluding carboxylic acids is 2. The lowest BCUT2D eigenvalue weighted by Crippen LogP contribution is -2.40. The van der Waals surface area contributed by atoms with Crippen molar-refractivity contribution in [2.24, 2.45) is 11.8 Å². The maximum absolute atomic E-state index is 12.0. The van der Waals surface area contributed by atoms with Gasteiger partial charge in [-0.25, -0.2) is 0 Å². The van der Waals surface area contributed by atoms with E-state index in [1.54, 1.807) is 0 Å². The van der Waals surface area contributed by atoms with Gasteiger partial charge in [-0.15, -0.1) is 0 Å². The highest BCUT2D eigenvalue weighted by Crippen LogP contribution is 2.37. The third-order valence-corrected chi connectivity index (χ3v) is 4.63. The molecule has 3 atom stereocenters. The van der Waals surface area contributed by atoms with Gasteiger partial charge in [0.1, 0.15) is 0 Å². The molecule has 3 rings (SSSR count). The van der Waals surface area contributed by atoms with Gasteiger partial charge < -0.3 is 5.11 Å². The highest BCUT2D eigenvalue weighted by atomic mass is 16.3. The van der Waals surface area contributed by atoms with Crippen LogP contribution in [0, 0.1) is 11.8 Å². The number of carbonyl (C=O) groups is 2. The van der Waals surface area contributed by atoms with Gasteiger partial charge in [0, 0.05) is 32.0 Å². The van der Waals surface area contributed by atoms with Crippen molar-refractivity contribution in [2.45, 2.75) is 31.8 Å². The van der Waals surface area contributed by atoms with E-state index in [0.717, 1.165) is 32.4 Å². The predicted octanol–water partition coefficient (Wildman–Crippen LogP) is -0.162. The summed E-state index contributed by atoms with van der Waals surface area (Å²) in [5, 5.41) is 9.83. The van der Waals surface area contributed by atoms with Crippen LogP contribution in [0.1, 0.15) is 25.7 Å². The van der Waals surface area contributed by atoms with Crippen molar-refractivity contribution in [3.63, 3.8) is 0 Å². The maximum atomic E-state index is 12.0. The van der Waals surface area contributed by atoms with Crippen LogP contribution in [0.25, 0.3) is 0 Å². The minimum atomic E-state index is -0.191. The summed E-state index contributed by atoms with van der Waals surface area (Å²) >= 11 is 0. The molecule has 3 fully saturated rings. The second kappa shape index (κ2) is 4.63. The molecule has 2 saturated heterocycles. The molecular formula is C13H20N2O3. The number of aliphatic hydroxyl groups is 1. The van der Waals surface area contributed by atoms with E-state index in [1.165, 1.54) is 4.90 Å². The molecule has 1 aliphatic carbocycles. The Morgan fingerprint density at radius 2 is 2.17 bits per heavy atom. The average Bonchev–Trinajstić information content (AvgIpc) is 2.98. The lowest BCUT2D eigenvalue weighted by molar-refractivity contribution is -0.142. The first-order valence-corrected chi connectivity index (χ1v) is 6.89. The van der Waals surface area contributed by atoms with E-state index in [2.05, 4.69) is 4.90 Å².